The zero-order valence-electron chi connectivity index (χ0n) is 9.34. The first kappa shape index (κ1) is 12.9. The van der Waals surface area contributed by atoms with Crippen molar-refractivity contribution in [2.45, 2.75) is 12.8 Å². The lowest BCUT2D eigenvalue weighted by atomic mass is 10.2. The Kier molecular flexibility index (Phi) is 4.87. The van der Waals surface area contributed by atoms with E-state index in [0.29, 0.717) is 11.8 Å². The normalized spacial score (nSPS) is 9.47. The Balaban J connectivity index is 2.50. The van der Waals surface area contributed by atoms with Gasteiger partial charge in [0.1, 0.15) is 12.0 Å². The van der Waals surface area contributed by atoms with Gasteiger partial charge in [0.2, 0.25) is 0 Å². The summed E-state index contributed by atoms with van der Waals surface area (Å²) in [4.78, 5) is 32.6. The van der Waals surface area contributed by atoms with E-state index in [9.17, 15) is 14.4 Å². The fraction of sp³-hybridized carbons (Fsp3) is 0.250. The molecule has 90 valence electrons. The molecule has 0 heterocycles. The summed E-state index contributed by atoms with van der Waals surface area (Å²) in [6.45, 7) is 0. The van der Waals surface area contributed by atoms with Crippen molar-refractivity contribution in [3.8, 4) is 5.75 Å². The molecule has 0 atom stereocenters. The van der Waals surface area contributed by atoms with E-state index in [2.05, 4.69) is 4.74 Å². The maximum Gasteiger partial charge on any atom is 0.311 e. The predicted molar refractivity (Wildman–Crippen MR) is 58.7 cm³/mol. The molecule has 0 aliphatic carbocycles. The molecule has 0 fully saturated rings. The Morgan fingerprint density at radius 1 is 1.24 bits per heavy atom. The van der Waals surface area contributed by atoms with Crippen molar-refractivity contribution in [1.29, 1.82) is 0 Å². The molecular weight excluding hydrogens is 224 g/mol. The van der Waals surface area contributed by atoms with Crippen molar-refractivity contribution in [3.63, 3.8) is 0 Å². The van der Waals surface area contributed by atoms with E-state index in [1.54, 1.807) is 18.2 Å². The molecule has 17 heavy (non-hydrogen) atoms. The SMILES string of the molecule is COC(=O)CCC(=O)Oc1cccc(C=O)c1. The number of rotatable bonds is 5. The zero-order valence-corrected chi connectivity index (χ0v) is 9.34. The summed E-state index contributed by atoms with van der Waals surface area (Å²) >= 11 is 0. The highest BCUT2D eigenvalue weighted by Crippen LogP contribution is 2.13. The highest BCUT2D eigenvalue weighted by Gasteiger charge is 2.09. The van der Waals surface area contributed by atoms with Gasteiger partial charge >= 0.3 is 11.9 Å². The van der Waals surface area contributed by atoms with Crippen molar-refractivity contribution in [2.75, 3.05) is 7.11 Å². The monoisotopic (exact) mass is 236 g/mol. The average molecular weight is 236 g/mol. The highest BCUT2D eigenvalue weighted by atomic mass is 16.5. The zero-order chi connectivity index (χ0) is 12.7. The van der Waals surface area contributed by atoms with Gasteiger partial charge in [0.15, 0.2) is 0 Å². The number of ether oxygens (including phenoxy) is 2. The number of aldehydes is 1. The van der Waals surface area contributed by atoms with Crippen molar-refractivity contribution in [1.82, 2.24) is 0 Å². The lowest BCUT2D eigenvalue weighted by Gasteiger charge is -2.04. The lowest BCUT2D eigenvalue weighted by Crippen LogP contribution is -2.11. The second kappa shape index (κ2) is 6.42. The first-order valence-electron chi connectivity index (χ1n) is 4.98. The third-order valence-electron chi connectivity index (χ3n) is 1.99. The van der Waals surface area contributed by atoms with Gasteiger partial charge in [0.05, 0.1) is 20.0 Å². The minimum absolute atomic E-state index is 0.0251. The maximum atomic E-state index is 11.3. The van der Waals surface area contributed by atoms with Gasteiger partial charge in [0.25, 0.3) is 0 Å². The molecule has 0 saturated carbocycles. The maximum absolute atomic E-state index is 11.3. The van der Waals surface area contributed by atoms with Crippen LogP contribution in [0.15, 0.2) is 24.3 Å². The van der Waals surface area contributed by atoms with Crippen molar-refractivity contribution in [2.24, 2.45) is 0 Å². The molecule has 5 nitrogen and oxygen atoms in total. The van der Waals surface area contributed by atoms with Crippen LogP contribution in [-0.4, -0.2) is 25.3 Å². The van der Waals surface area contributed by atoms with E-state index in [-0.39, 0.29) is 18.6 Å². The largest absolute Gasteiger partial charge is 0.469 e. The van der Waals surface area contributed by atoms with Gasteiger partial charge in [0, 0.05) is 5.56 Å². The number of hydrogen-bond donors (Lipinski definition) is 0. The summed E-state index contributed by atoms with van der Waals surface area (Å²) in [6.07, 6.45) is 0.576. The van der Waals surface area contributed by atoms with Crippen LogP contribution < -0.4 is 4.74 Å². The topological polar surface area (TPSA) is 69.7 Å². The number of esters is 2. The van der Waals surface area contributed by atoms with Crippen LogP contribution >= 0.6 is 0 Å². The summed E-state index contributed by atoms with van der Waals surface area (Å²) in [7, 11) is 1.25. The van der Waals surface area contributed by atoms with Gasteiger partial charge in [-0.25, -0.2) is 0 Å². The molecule has 0 aliphatic rings. The van der Waals surface area contributed by atoms with Gasteiger partial charge in [-0.3, -0.25) is 14.4 Å². The summed E-state index contributed by atoms with van der Waals surface area (Å²) in [5.74, 6) is -0.730. The number of carbonyl (C=O) groups is 3. The number of carbonyl (C=O) groups excluding carboxylic acids is 3. The number of methoxy groups -OCH3 is 1. The third kappa shape index (κ3) is 4.46. The summed E-state index contributed by atoms with van der Waals surface area (Å²) in [5, 5.41) is 0. The number of benzene rings is 1. The molecule has 0 amide bonds. The average Bonchev–Trinajstić information content (AvgIpc) is 2.36. The third-order valence-corrected chi connectivity index (χ3v) is 1.99. The first-order chi connectivity index (χ1) is 8.15. The van der Waals surface area contributed by atoms with Gasteiger partial charge in [-0.2, -0.15) is 0 Å². The van der Waals surface area contributed by atoms with E-state index in [4.69, 9.17) is 4.74 Å². The van der Waals surface area contributed by atoms with E-state index < -0.39 is 11.9 Å². The molecule has 0 aromatic heterocycles. The Bertz CT molecular complexity index is 425. The van der Waals surface area contributed by atoms with Crippen LogP contribution in [0.3, 0.4) is 0 Å². The number of hydrogen-bond acceptors (Lipinski definition) is 5. The van der Waals surface area contributed by atoms with E-state index in [1.807, 2.05) is 0 Å². The minimum Gasteiger partial charge on any atom is -0.469 e. The fourth-order valence-corrected chi connectivity index (χ4v) is 1.14. The molecule has 1 aromatic rings. The summed E-state index contributed by atoms with van der Waals surface area (Å²) in [6, 6.07) is 6.21. The quantitative estimate of drug-likeness (QED) is 0.438. The molecule has 0 aliphatic heterocycles. The van der Waals surface area contributed by atoms with Crippen molar-refractivity contribution in [3.05, 3.63) is 29.8 Å². The van der Waals surface area contributed by atoms with Crippen LogP contribution in [0.1, 0.15) is 23.2 Å². The van der Waals surface area contributed by atoms with Gasteiger partial charge < -0.3 is 9.47 Å². The van der Waals surface area contributed by atoms with Crippen LogP contribution in [0.4, 0.5) is 0 Å². The van der Waals surface area contributed by atoms with Crippen LogP contribution in [0, 0.1) is 0 Å². The van der Waals surface area contributed by atoms with Crippen molar-refractivity contribution >= 4 is 18.2 Å². The van der Waals surface area contributed by atoms with E-state index in [1.165, 1.54) is 13.2 Å². The van der Waals surface area contributed by atoms with Gasteiger partial charge in [-0.15, -0.1) is 0 Å². The fourth-order valence-electron chi connectivity index (χ4n) is 1.14. The summed E-state index contributed by atoms with van der Waals surface area (Å²) < 4.78 is 9.34. The standard InChI is InChI=1S/C12H12O5/c1-16-11(14)5-6-12(15)17-10-4-2-3-9(7-10)8-13/h2-4,7-8H,5-6H2,1H3. The predicted octanol–water partition coefficient (Wildman–Crippen LogP) is 1.36. The molecule has 1 aromatic carbocycles. The molecule has 0 radical (unpaired) electrons. The first-order valence-corrected chi connectivity index (χ1v) is 4.98. The van der Waals surface area contributed by atoms with Gasteiger partial charge in [-0.05, 0) is 12.1 Å². The minimum atomic E-state index is -0.543. The second-order valence-electron chi connectivity index (χ2n) is 3.24. The molecule has 0 spiro atoms. The molecular formula is C12H12O5. The second-order valence-corrected chi connectivity index (χ2v) is 3.24. The van der Waals surface area contributed by atoms with Crippen LogP contribution in [0.25, 0.3) is 0 Å². The molecule has 5 heteroatoms. The van der Waals surface area contributed by atoms with E-state index >= 15 is 0 Å². The Morgan fingerprint density at radius 2 is 1.94 bits per heavy atom. The van der Waals surface area contributed by atoms with Crippen LogP contribution in [0.2, 0.25) is 0 Å². The van der Waals surface area contributed by atoms with Crippen molar-refractivity contribution < 1.29 is 23.9 Å². The molecule has 0 N–H and O–H groups in total. The van der Waals surface area contributed by atoms with Gasteiger partial charge in [-0.1, -0.05) is 12.1 Å². The van der Waals surface area contributed by atoms with E-state index in [0.717, 1.165) is 0 Å². The molecule has 0 saturated heterocycles. The smallest absolute Gasteiger partial charge is 0.311 e. The lowest BCUT2D eigenvalue weighted by molar-refractivity contribution is -0.144. The van der Waals surface area contributed by atoms with Crippen LogP contribution in [0.5, 0.6) is 5.75 Å². The summed E-state index contributed by atoms with van der Waals surface area (Å²) in [5.41, 5.74) is 0.420. The Labute approximate surface area is 98.3 Å². The molecule has 1 rings (SSSR count). The highest BCUT2D eigenvalue weighted by molar-refractivity contribution is 5.80. The Hall–Kier alpha value is -2.17. The molecule has 0 bridgehead atoms. The molecule has 0 unspecified atom stereocenters. The Morgan fingerprint density at radius 3 is 2.59 bits per heavy atom. The van der Waals surface area contributed by atoms with Crippen LogP contribution in [-0.2, 0) is 14.3 Å².